The molecule has 0 aliphatic carbocycles. The van der Waals surface area contributed by atoms with Gasteiger partial charge in [0.25, 0.3) is 0 Å². The summed E-state index contributed by atoms with van der Waals surface area (Å²) in [6.07, 6.45) is 1.78. The second-order valence-corrected chi connectivity index (χ2v) is 4.50. The Hall–Kier alpha value is -2.75. The molecule has 1 heterocycles. The van der Waals surface area contributed by atoms with E-state index < -0.39 is 0 Å². The summed E-state index contributed by atoms with van der Waals surface area (Å²) in [5.41, 5.74) is 7.42. The predicted octanol–water partition coefficient (Wildman–Crippen LogP) is 3.57. The zero-order valence-electron chi connectivity index (χ0n) is 11.1. The minimum Gasteiger partial charge on any atom is -0.497 e. The average Bonchev–Trinajstić information content (AvgIpc) is 2.47. The molecule has 3 aromatic rings. The first-order valence-electron chi connectivity index (χ1n) is 6.31. The second-order valence-electron chi connectivity index (χ2n) is 4.50. The second kappa shape index (κ2) is 5.09. The van der Waals surface area contributed by atoms with Crippen molar-refractivity contribution < 1.29 is 4.74 Å². The van der Waals surface area contributed by atoms with Gasteiger partial charge < -0.3 is 15.8 Å². The Balaban J connectivity index is 2.06. The van der Waals surface area contributed by atoms with Crippen molar-refractivity contribution in [1.29, 1.82) is 0 Å². The van der Waals surface area contributed by atoms with Gasteiger partial charge in [-0.05, 0) is 41.8 Å². The number of benzene rings is 2. The molecule has 0 saturated carbocycles. The molecule has 0 bridgehead atoms. The van der Waals surface area contributed by atoms with Crippen LogP contribution in [0.25, 0.3) is 10.8 Å². The van der Waals surface area contributed by atoms with Gasteiger partial charge in [-0.15, -0.1) is 0 Å². The number of hydrogen-bond acceptors (Lipinski definition) is 4. The minimum atomic E-state index is 0.716. The number of ether oxygens (including phenoxy) is 1. The maximum atomic E-state index is 5.79. The molecule has 0 atom stereocenters. The Morgan fingerprint density at radius 3 is 2.80 bits per heavy atom. The standard InChI is InChI=1S/C16H15N3O/c1-20-14-6-5-11-7-8-18-16(15(11)10-14)19-13-4-2-3-12(17)9-13/h2-10H,17H2,1H3,(H,18,19). The van der Waals surface area contributed by atoms with Crippen molar-refractivity contribution in [1.82, 2.24) is 4.98 Å². The quantitative estimate of drug-likeness (QED) is 0.711. The van der Waals surface area contributed by atoms with Gasteiger partial charge in [0.1, 0.15) is 11.6 Å². The highest BCUT2D eigenvalue weighted by atomic mass is 16.5. The van der Waals surface area contributed by atoms with Gasteiger partial charge >= 0.3 is 0 Å². The monoisotopic (exact) mass is 265 g/mol. The number of rotatable bonds is 3. The van der Waals surface area contributed by atoms with Crippen LogP contribution in [-0.2, 0) is 0 Å². The van der Waals surface area contributed by atoms with Crippen LogP contribution in [0.3, 0.4) is 0 Å². The fraction of sp³-hybridized carbons (Fsp3) is 0.0625. The lowest BCUT2D eigenvalue weighted by atomic mass is 10.1. The Labute approximate surface area is 117 Å². The van der Waals surface area contributed by atoms with Crippen molar-refractivity contribution >= 4 is 28.0 Å². The third-order valence-electron chi connectivity index (χ3n) is 3.12. The zero-order chi connectivity index (χ0) is 13.9. The molecule has 4 nitrogen and oxygen atoms in total. The maximum absolute atomic E-state index is 5.79. The third kappa shape index (κ3) is 2.36. The van der Waals surface area contributed by atoms with Crippen molar-refractivity contribution in [3.8, 4) is 5.75 Å². The van der Waals surface area contributed by atoms with Crippen LogP contribution in [0.2, 0.25) is 0 Å². The van der Waals surface area contributed by atoms with Gasteiger partial charge in [0.15, 0.2) is 0 Å². The van der Waals surface area contributed by atoms with Gasteiger partial charge in [-0.3, -0.25) is 0 Å². The number of methoxy groups -OCH3 is 1. The fourth-order valence-corrected chi connectivity index (χ4v) is 2.13. The van der Waals surface area contributed by atoms with Crippen LogP contribution < -0.4 is 15.8 Å². The molecular formula is C16H15N3O. The highest BCUT2D eigenvalue weighted by Crippen LogP contribution is 2.28. The van der Waals surface area contributed by atoms with Crippen LogP contribution in [0.15, 0.2) is 54.7 Å². The van der Waals surface area contributed by atoms with Crippen LogP contribution in [0.5, 0.6) is 5.75 Å². The van der Waals surface area contributed by atoms with E-state index in [4.69, 9.17) is 10.5 Å². The van der Waals surface area contributed by atoms with Gasteiger partial charge in [-0.1, -0.05) is 12.1 Å². The molecule has 3 rings (SSSR count). The molecule has 0 spiro atoms. The van der Waals surface area contributed by atoms with Crippen molar-refractivity contribution in [2.45, 2.75) is 0 Å². The molecule has 0 amide bonds. The number of aromatic nitrogens is 1. The number of nitrogens with two attached hydrogens (primary N) is 1. The zero-order valence-corrected chi connectivity index (χ0v) is 11.1. The van der Waals surface area contributed by atoms with Crippen LogP contribution in [0, 0.1) is 0 Å². The molecule has 0 fully saturated rings. The number of nitrogens with zero attached hydrogens (tertiary/aromatic N) is 1. The lowest BCUT2D eigenvalue weighted by molar-refractivity contribution is 0.415. The summed E-state index contributed by atoms with van der Waals surface area (Å²) >= 11 is 0. The van der Waals surface area contributed by atoms with E-state index in [-0.39, 0.29) is 0 Å². The van der Waals surface area contributed by atoms with E-state index in [2.05, 4.69) is 10.3 Å². The molecule has 0 unspecified atom stereocenters. The number of hydrogen-bond donors (Lipinski definition) is 2. The van der Waals surface area contributed by atoms with E-state index in [0.717, 1.165) is 28.0 Å². The average molecular weight is 265 g/mol. The summed E-state index contributed by atoms with van der Waals surface area (Å²) in [7, 11) is 1.66. The molecule has 0 aliphatic rings. The maximum Gasteiger partial charge on any atom is 0.138 e. The van der Waals surface area contributed by atoms with Crippen LogP contribution in [0.1, 0.15) is 0 Å². The van der Waals surface area contributed by atoms with Gasteiger partial charge in [0.05, 0.1) is 7.11 Å². The smallest absolute Gasteiger partial charge is 0.138 e. The van der Waals surface area contributed by atoms with Crippen LogP contribution >= 0.6 is 0 Å². The first-order valence-corrected chi connectivity index (χ1v) is 6.31. The molecule has 0 radical (unpaired) electrons. The van der Waals surface area contributed by atoms with Crippen LogP contribution in [0.4, 0.5) is 17.2 Å². The minimum absolute atomic E-state index is 0.716. The van der Waals surface area contributed by atoms with Gasteiger partial charge in [0, 0.05) is 23.0 Å². The van der Waals surface area contributed by atoms with Gasteiger partial charge in [0.2, 0.25) is 0 Å². The lowest BCUT2D eigenvalue weighted by Crippen LogP contribution is -1.96. The van der Waals surface area contributed by atoms with Crippen molar-refractivity contribution in [3.63, 3.8) is 0 Å². The first-order chi connectivity index (χ1) is 9.76. The van der Waals surface area contributed by atoms with Gasteiger partial charge in [-0.25, -0.2) is 4.98 Å². The Morgan fingerprint density at radius 2 is 2.00 bits per heavy atom. The summed E-state index contributed by atoms with van der Waals surface area (Å²) in [4.78, 5) is 4.40. The molecule has 20 heavy (non-hydrogen) atoms. The molecule has 4 heteroatoms. The Morgan fingerprint density at radius 1 is 1.10 bits per heavy atom. The summed E-state index contributed by atoms with van der Waals surface area (Å²) in [6, 6.07) is 15.5. The number of pyridine rings is 1. The largest absolute Gasteiger partial charge is 0.497 e. The summed E-state index contributed by atoms with van der Waals surface area (Å²) in [6.45, 7) is 0. The lowest BCUT2D eigenvalue weighted by Gasteiger charge is -2.10. The molecule has 0 aliphatic heterocycles. The molecule has 100 valence electrons. The molecule has 1 aromatic heterocycles. The number of nitrogen functional groups attached to an aromatic ring is 1. The van der Waals surface area contributed by atoms with E-state index in [0.29, 0.717) is 5.69 Å². The van der Waals surface area contributed by atoms with E-state index in [1.807, 2.05) is 48.5 Å². The number of anilines is 3. The Kier molecular flexibility index (Phi) is 3.13. The predicted molar refractivity (Wildman–Crippen MR) is 82.4 cm³/mol. The highest BCUT2D eigenvalue weighted by Gasteiger charge is 2.04. The van der Waals surface area contributed by atoms with Crippen molar-refractivity contribution in [3.05, 3.63) is 54.7 Å². The molecule has 2 aromatic carbocycles. The Bertz CT molecular complexity index is 756. The van der Waals surface area contributed by atoms with E-state index >= 15 is 0 Å². The summed E-state index contributed by atoms with van der Waals surface area (Å²) in [5.74, 6) is 1.59. The van der Waals surface area contributed by atoms with Crippen molar-refractivity contribution in [2.75, 3.05) is 18.2 Å². The molecular weight excluding hydrogens is 250 g/mol. The topological polar surface area (TPSA) is 60.2 Å². The highest BCUT2D eigenvalue weighted by molar-refractivity contribution is 5.94. The van der Waals surface area contributed by atoms with E-state index in [1.165, 1.54) is 0 Å². The third-order valence-corrected chi connectivity index (χ3v) is 3.12. The normalized spacial score (nSPS) is 10.4. The van der Waals surface area contributed by atoms with Crippen LogP contribution in [-0.4, -0.2) is 12.1 Å². The molecule has 3 N–H and O–H groups in total. The summed E-state index contributed by atoms with van der Waals surface area (Å²) in [5, 5.41) is 5.40. The first kappa shape index (κ1) is 12.3. The number of nitrogens with one attached hydrogen (secondary N) is 1. The fourth-order valence-electron chi connectivity index (χ4n) is 2.13. The number of fused-ring (bicyclic) bond motifs is 1. The van der Waals surface area contributed by atoms with Gasteiger partial charge in [-0.2, -0.15) is 0 Å². The van der Waals surface area contributed by atoms with E-state index in [1.54, 1.807) is 13.3 Å². The summed E-state index contributed by atoms with van der Waals surface area (Å²) < 4.78 is 5.27. The van der Waals surface area contributed by atoms with Crippen molar-refractivity contribution in [2.24, 2.45) is 0 Å². The molecule has 0 saturated heterocycles. The SMILES string of the molecule is COc1ccc2ccnc(Nc3cccc(N)c3)c2c1. The van der Waals surface area contributed by atoms with E-state index in [9.17, 15) is 0 Å².